The average Bonchev–Trinajstić information content (AvgIpc) is 3.19. The molecule has 5 heteroatoms. The predicted molar refractivity (Wildman–Crippen MR) is 142 cm³/mol. The SMILES string of the molecule is Cc1ncccc1NC(=O)c1ccc2c(c1)CCC1=C3CC(O)C[C@]3(N)CCC12Cc1ccccc1. The Kier molecular flexibility index (Phi) is 5.58. The van der Waals surface area contributed by atoms with Crippen molar-refractivity contribution < 1.29 is 9.90 Å². The molecule has 3 atom stereocenters. The van der Waals surface area contributed by atoms with E-state index >= 15 is 0 Å². The van der Waals surface area contributed by atoms with Gasteiger partial charge in [0.15, 0.2) is 0 Å². The van der Waals surface area contributed by atoms with E-state index in [1.807, 2.05) is 25.1 Å². The lowest BCUT2D eigenvalue weighted by Gasteiger charge is -2.50. The van der Waals surface area contributed by atoms with Gasteiger partial charge in [0, 0.05) is 22.7 Å². The summed E-state index contributed by atoms with van der Waals surface area (Å²) in [6, 6.07) is 20.6. The summed E-state index contributed by atoms with van der Waals surface area (Å²) in [7, 11) is 0. The summed E-state index contributed by atoms with van der Waals surface area (Å²) >= 11 is 0. The second kappa shape index (κ2) is 8.68. The molecule has 0 bridgehead atoms. The zero-order chi connectivity index (χ0) is 24.9. The zero-order valence-electron chi connectivity index (χ0n) is 20.8. The monoisotopic (exact) mass is 479 g/mol. The number of rotatable bonds is 4. The Bertz CT molecular complexity index is 1370. The van der Waals surface area contributed by atoms with Crippen LogP contribution in [-0.4, -0.2) is 27.6 Å². The summed E-state index contributed by atoms with van der Waals surface area (Å²) in [5.41, 5.74) is 15.2. The van der Waals surface area contributed by atoms with E-state index in [1.165, 1.54) is 27.8 Å². The van der Waals surface area contributed by atoms with Crippen molar-refractivity contribution in [3.63, 3.8) is 0 Å². The van der Waals surface area contributed by atoms with Gasteiger partial charge < -0.3 is 16.2 Å². The van der Waals surface area contributed by atoms with Crippen LogP contribution in [-0.2, 0) is 18.3 Å². The maximum atomic E-state index is 13.1. The Morgan fingerprint density at radius 2 is 1.92 bits per heavy atom. The molecule has 0 radical (unpaired) electrons. The van der Waals surface area contributed by atoms with Crippen LogP contribution in [0.5, 0.6) is 0 Å². The number of amides is 1. The maximum Gasteiger partial charge on any atom is 0.255 e. The van der Waals surface area contributed by atoms with Gasteiger partial charge in [-0.15, -0.1) is 0 Å². The van der Waals surface area contributed by atoms with Crippen molar-refractivity contribution in [1.82, 2.24) is 4.98 Å². The second-order valence-electron chi connectivity index (χ2n) is 10.9. The Balaban J connectivity index is 1.42. The molecule has 5 nitrogen and oxygen atoms in total. The minimum atomic E-state index is -0.381. The summed E-state index contributed by atoms with van der Waals surface area (Å²) in [5, 5.41) is 13.6. The van der Waals surface area contributed by atoms with Crippen molar-refractivity contribution in [2.45, 2.75) is 68.9 Å². The molecule has 4 N–H and O–H groups in total. The number of hydrogen-bond donors (Lipinski definition) is 3. The average molecular weight is 480 g/mol. The third kappa shape index (κ3) is 3.78. The lowest BCUT2D eigenvalue weighted by Crippen LogP contribution is -2.49. The van der Waals surface area contributed by atoms with Gasteiger partial charge in [0.25, 0.3) is 5.91 Å². The molecule has 2 aromatic carbocycles. The molecule has 1 fully saturated rings. The summed E-state index contributed by atoms with van der Waals surface area (Å²) in [5.74, 6) is -0.112. The number of carbonyl (C=O) groups is 1. The van der Waals surface area contributed by atoms with Gasteiger partial charge in [0.05, 0.1) is 17.5 Å². The van der Waals surface area contributed by atoms with Crippen molar-refractivity contribution >= 4 is 11.6 Å². The molecule has 1 heterocycles. The number of carbonyl (C=O) groups excluding carboxylic acids is 1. The second-order valence-corrected chi connectivity index (χ2v) is 10.9. The molecule has 184 valence electrons. The van der Waals surface area contributed by atoms with Crippen LogP contribution in [0.3, 0.4) is 0 Å². The fraction of sp³-hybridized carbons (Fsp3) is 0.355. The maximum absolute atomic E-state index is 13.1. The van der Waals surface area contributed by atoms with Gasteiger partial charge in [-0.3, -0.25) is 9.78 Å². The Morgan fingerprint density at radius 3 is 2.72 bits per heavy atom. The molecular weight excluding hydrogens is 446 g/mol. The number of pyridine rings is 1. The molecular formula is C31H33N3O2. The summed E-state index contributed by atoms with van der Waals surface area (Å²) in [6.07, 6.45) is 7.26. The fourth-order valence-electron chi connectivity index (χ4n) is 7.01. The quantitative estimate of drug-likeness (QED) is 0.459. The van der Waals surface area contributed by atoms with E-state index in [9.17, 15) is 9.90 Å². The van der Waals surface area contributed by atoms with Gasteiger partial charge in [-0.2, -0.15) is 0 Å². The van der Waals surface area contributed by atoms with Gasteiger partial charge in [-0.25, -0.2) is 0 Å². The van der Waals surface area contributed by atoms with Crippen molar-refractivity contribution in [3.05, 3.63) is 106 Å². The topological polar surface area (TPSA) is 88.2 Å². The molecule has 36 heavy (non-hydrogen) atoms. The summed E-state index contributed by atoms with van der Waals surface area (Å²) in [6.45, 7) is 1.89. The standard InChI is InChI=1S/C31H33N3O2/c1-20-28(8-5-15-33-20)34-29(36)23-10-11-25-22(16-23)9-12-26-27-17-24(35)19-31(27,32)14-13-30(25,26)18-21-6-3-2-4-7-21/h2-8,10-11,15-16,24,35H,9,12-14,17-19,32H2,1H3,(H,34,36)/t24?,30?,31-/m1/s1. The van der Waals surface area contributed by atoms with Gasteiger partial charge in [0.1, 0.15) is 0 Å². The first-order valence-electron chi connectivity index (χ1n) is 13.0. The number of nitrogens with zero attached hydrogens (tertiary/aromatic N) is 1. The molecule has 1 saturated carbocycles. The van der Waals surface area contributed by atoms with E-state index in [0.717, 1.165) is 43.5 Å². The van der Waals surface area contributed by atoms with Crippen molar-refractivity contribution in [3.8, 4) is 0 Å². The molecule has 6 rings (SSSR count). The number of aliphatic hydroxyl groups is 1. The number of hydrogen-bond acceptors (Lipinski definition) is 4. The largest absolute Gasteiger partial charge is 0.393 e. The van der Waals surface area contributed by atoms with E-state index in [0.29, 0.717) is 18.4 Å². The van der Waals surface area contributed by atoms with Crippen molar-refractivity contribution in [1.29, 1.82) is 0 Å². The number of anilines is 1. The van der Waals surface area contributed by atoms with Crippen LogP contribution in [0.25, 0.3) is 0 Å². The van der Waals surface area contributed by atoms with Gasteiger partial charge in [-0.1, -0.05) is 42.0 Å². The normalized spacial score (nSPS) is 26.7. The van der Waals surface area contributed by atoms with Crippen LogP contribution >= 0.6 is 0 Å². The number of aromatic nitrogens is 1. The van der Waals surface area contributed by atoms with Crippen molar-refractivity contribution in [2.24, 2.45) is 5.73 Å². The highest BCUT2D eigenvalue weighted by Crippen LogP contribution is 2.57. The van der Waals surface area contributed by atoms with Gasteiger partial charge >= 0.3 is 0 Å². The molecule has 3 aliphatic rings. The molecule has 1 amide bonds. The summed E-state index contributed by atoms with van der Waals surface area (Å²) < 4.78 is 0. The fourth-order valence-corrected chi connectivity index (χ4v) is 7.01. The number of fused-ring (bicyclic) bond motifs is 4. The lowest BCUT2D eigenvalue weighted by atomic mass is 9.55. The highest BCUT2D eigenvalue weighted by Gasteiger charge is 2.52. The van der Waals surface area contributed by atoms with Crippen LogP contribution in [0.15, 0.2) is 78.0 Å². The van der Waals surface area contributed by atoms with E-state index in [1.54, 1.807) is 6.20 Å². The van der Waals surface area contributed by atoms with Crippen LogP contribution < -0.4 is 11.1 Å². The van der Waals surface area contributed by atoms with E-state index in [-0.39, 0.29) is 23.0 Å². The van der Waals surface area contributed by atoms with E-state index in [4.69, 9.17) is 5.73 Å². The smallest absolute Gasteiger partial charge is 0.255 e. The number of nitrogens with one attached hydrogen (secondary N) is 1. The van der Waals surface area contributed by atoms with Crippen LogP contribution in [0.2, 0.25) is 0 Å². The van der Waals surface area contributed by atoms with Gasteiger partial charge in [-0.05, 0) is 98.4 Å². The lowest BCUT2D eigenvalue weighted by molar-refractivity contribution is 0.102. The number of benzene rings is 2. The van der Waals surface area contributed by atoms with Crippen LogP contribution in [0.1, 0.15) is 64.8 Å². The third-order valence-corrected chi connectivity index (χ3v) is 8.71. The summed E-state index contributed by atoms with van der Waals surface area (Å²) in [4.78, 5) is 17.4. The molecule has 3 aliphatic carbocycles. The highest BCUT2D eigenvalue weighted by molar-refractivity contribution is 6.04. The first-order chi connectivity index (χ1) is 17.4. The molecule has 0 spiro atoms. The zero-order valence-corrected chi connectivity index (χ0v) is 20.8. The third-order valence-electron chi connectivity index (χ3n) is 8.71. The molecule has 0 saturated heterocycles. The Hall–Kier alpha value is -3.28. The first-order valence-corrected chi connectivity index (χ1v) is 13.0. The van der Waals surface area contributed by atoms with E-state index in [2.05, 4.69) is 52.8 Å². The number of aliphatic hydroxyl groups excluding tert-OH is 1. The molecule has 2 unspecified atom stereocenters. The predicted octanol–water partition coefficient (Wildman–Crippen LogP) is 5.01. The number of nitrogens with two attached hydrogens (primary N) is 1. The van der Waals surface area contributed by atoms with Crippen molar-refractivity contribution in [2.75, 3.05) is 5.32 Å². The Morgan fingerprint density at radius 1 is 1.08 bits per heavy atom. The molecule has 3 aromatic rings. The highest BCUT2D eigenvalue weighted by atomic mass is 16.3. The number of aryl methyl sites for hydroxylation is 2. The molecule has 0 aliphatic heterocycles. The van der Waals surface area contributed by atoms with Gasteiger partial charge in [0.2, 0.25) is 0 Å². The molecule has 1 aromatic heterocycles. The Labute approximate surface area is 212 Å². The minimum absolute atomic E-state index is 0.112. The van der Waals surface area contributed by atoms with E-state index < -0.39 is 0 Å². The van der Waals surface area contributed by atoms with Crippen LogP contribution in [0.4, 0.5) is 5.69 Å². The van der Waals surface area contributed by atoms with Crippen LogP contribution in [0, 0.1) is 6.92 Å². The minimum Gasteiger partial charge on any atom is -0.393 e. The number of allylic oxidation sites excluding steroid dienone is 1. The first kappa shape index (κ1) is 23.1.